The van der Waals surface area contributed by atoms with E-state index in [0.717, 1.165) is 6.42 Å². The van der Waals surface area contributed by atoms with Gasteiger partial charge in [-0.3, -0.25) is 14.4 Å². The highest BCUT2D eigenvalue weighted by molar-refractivity contribution is 6.30. The van der Waals surface area contributed by atoms with E-state index in [9.17, 15) is 19.5 Å². The highest BCUT2D eigenvalue weighted by Crippen LogP contribution is 2.31. The smallest absolute Gasteiger partial charge is 0.305 e. The zero-order valence-electron chi connectivity index (χ0n) is 17.5. The standard InChI is InChI=1S/C23H26ClNO6/c1-3-12-31-20-10-6-16(13-21(20)30-2)18(14-23(28)29)25-22(27)11-9-19(26)15-4-7-17(24)8-5-15/h4-8,10,13,18H,3,9,11-12,14H2,1-2H3,(H,25,27)(H,28,29). The first-order valence-electron chi connectivity index (χ1n) is 9.94. The van der Waals surface area contributed by atoms with Gasteiger partial charge in [0.05, 0.1) is 26.2 Å². The number of carbonyl (C=O) groups excluding carboxylic acids is 2. The van der Waals surface area contributed by atoms with Gasteiger partial charge in [-0.2, -0.15) is 0 Å². The number of halogens is 1. The molecular formula is C23H26ClNO6. The van der Waals surface area contributed by atoms with Crippen molar-refractivity contribution >= 4 is 29.3 Å². The number of carboxylic acid groups (broad SMARTS) is 1. The van der Waals surface area contributed by atoms with E-state index in [1.54, 1.807) is 42.5 Å². The number of amides is 1. The number of hydrogen-bond acceptors (Lipinski definition) is 5. The molecule has 0 aromatic heterocycles. The Hall–Kier alpha value is -3.06. The lowest BCUT2D eigenvalue weighted by molar-refractivity contribution is -0.137. The molecular weight excluding hydrogens is 422 g/mol. The van der Waals surface area contributed by atoms with Gasteiger partial charge in [0.15, 0.2) is 17.3 Å². The molecule has 0 radical (unpaired) electrons. The fourth-order valence-electron chi connectivity index (χ4n) is 2.93. The van der Waals surface area contributed by atoms with Gasteiger partial charge in [0.2, 0.25) is 5.91 Å². The van der Waals surface area contributed by atoms with E-state index in [2.05, 4.69) is 5.32 Å². The molecule has 0 saturated carbocycles. The summed E-state index contributed by atoms with van der Waals surface area (Å²) < 4.78 is 11.0. The summed E-state index contributed by atoms with van der Waals surface area (Å²) in [5.41, 5.74) is 1.03. The van der Waals surface area contributed by atoms with Crippen molar-refractivity contribution in [3.63, 3.8) is 0 Å². The third-order valence-corrected chi connectivity index (χ3v) is 4.76. The van der Waals surface area contributed by atoms with Gasteiger partial charge < -0.3 is 19.9 Å². The van der Waals surface area contributed by atoms with Crippen LogP contribution >= 0.6 is 11.6 Å². The van der Waals surface area contributed by atoms with Crippen molar-refractivity contribution < 1.29 is 29.0 Å². The normalized spacial score (nSPS) is 11.5. The molecule has 0 saturated heterocycles. The van der Waals surface area contributed by atoms with Crippen LogP contribution in [-0.4, -0.2) is 36.5 Å². The lowest BCUT2D eigenvalue weighted by Crippen LogP contribution is -2.30. The number of benzene rings is 2. The highest BCUT2D eigenvalue weighted by Gasteiger charge is 2.20. The Morgan fingerprint density at radius 1 is 1.06 bits per heavy atom. The van der Waals surface area contributed by atoms with Crippen molar-refractivity contribution in [2.75, 3.05) is 13.7 Å². The molecule has 0 bridgehead atoms. The minimum atomic E-state index is -1.06. The summed E-state index contributed by atoms with van der Waals surface area (Å²) in [6.07, 6.45) is 0.458. The van der Waals surface area contributed by atoms with E-state index in [1.807, 2.05) is 6.92 Å². The first kappa shape index (κ1) is 24.2. The first-order chi connectivity index (χ1) is 14.8. The molecule has 1 amide bonds. The molecule has 0 aliphatic rings. The minimum Gasteiger partial charge on any atom is -0.493 e. The second-order valence-corrected chi connectivity index (χ2v) is 7.34. The van der Waals surface area contributed by atoms with Crippen LogP contribution in [-0.2, 0) is 9.59 Å². The van der Waals surface area contributed by atoms with Crippen LogP contribution in [0.2, 0.25) is 5.02 Å². The van der Waals surface area contributed by atoms with Crippen LogP contribution < -0.4 is 14.8 Å². The molecule has 0 aliphatic heterocycles. The number of Topliss-reactive ketones (excluding diaryl/α,β-unsaturated/α-hetero) is 1. The lowest BCUT2D eigenvalue weighted by Gasteiger charge is -2.19. The SMILES string of the molecule is CCCOc1ccc(C(CC(=O)O)NC(=O)CCC(=O)c2ccc(Cl)cc2)cc1OC. The van der Waals surface area contributed by atoms with E-state index in [1.165, 1.54) is 7.11 Å². The van der Waals surface area contributed by atoms with Crippen molar-refractivity contribution in [1.82, 2.24) is 5.32 Å². The molecule has 8 heteroatoms. The van der Waals surface area contributed by atoms with Gasteiger partial charge >= 0.3 is 5.97 Å². The molecule has 166 valence electrons. The summed E-state index contributed by atoms with van der Waals surface area (Å²) in [7, 11) is 1.49. The Kier molecular flexibility index (Phi) is 9.34. The zero-order valence-corrected chi connectivity index (χ0v) is 18.3. The maximum atomic E-state index is 12.4. The molecule has 2 N–H and O–H groups in total. The summed E-state index contributed by atoms with van der Waals surface area (Å²) in [6, 6.07) is 10.7. The van der Waals surface area contributed by atoms with E-state index in [-0.39, 0.29) is 25.0 Å². The molecule has 0 fully saturated rings. The number of nitrogens with one attached hydrogen (secondary N) is 1. The predicted octanol–water partition coefficient (Wildman–Crippen LogP) is 4.43. The number of hydrogen-bond donors (Lipinski definition) is 2. The second-order valence-electron chi connectivity index (χ2n) is 6.91. The third-order valence-electron chi connectivity index (χ3n) is 4.51. The second kappa shape index (κ2) is 12.0. The Bertz CT molecular complexity index is 913. The summed E-state index contributed by atoms with van der Waals surface area (Å²) in [6.45, 7) is 2.50. The molecule has 2 aromatic rings. The Morgan fingerprint density at radius 2 is 1.77 bits per heavy atom. The van der Waals surface area contributed by atoms with Gasteiger partial charge in [0.25, 0.3) is 0 Å². The number of carboxylic acids is 1. The maximum Gasteiger partial charge on any atom is 0.305 e. The number of aliphatic carboxylic acids is 1. The van der Waals surface area contributed by atoms with Crippen molar-refractivity contribution in [2.24, 2.45) is 0 Å². The largest absolute Gasteiger partial charge is 0.493 e. The van der Waals surface area contributed by atoms with Crippen LogP contribution in [0.1, 0.15) is 54.6 Å². The van der Waals surface area contributed by atoms with Gasteiger partial charge in [-0.15, -0.1) is 0 Å². The fourth-order valence-corrected chi connectivity index (χ4v) is 3.06. The number of methoxy groups -OCH3 is 1. The summed E-state index contributed by atoms with van der Waals surface area (Å²) >= 11 is 5.82. The minimum absolute atomic E-state index is 0.000371. The van der Waals surface area contributed by atoms with E-state index in [0.29, 0.717) is 34.3 Å². The van der Waals surface area contributed by atoms with Gasteiger partial charge in [0, 0.05) is 23.4 Å². The van der Waals surface area contributed by atoms with E-state index >= 15 is 0 Å². The lowest BCUT2D eigenvalue weighted by atomic mass is 10.0. The zero-order chi connectivity index (χ0) is 22.8. The van der Waals surface area contributed by atoms with Gasteiger partial charge in [-0.05, 0) is 48.4 Å². The first-order valence-corrected chi connectivity index (χ1v) is 10.3. The van der Waals surface area contributed by atoms with Crippen molar-refractivity contribution in [2.45, 2.75) is 38.6 Å². The van der Waals surface area contributed by atoms with Gasteiger partial charge in [-0.25, -0.2) is 0 Å². The summed E-state index contributed by atoms with van der Waals surface area (Å²) in [4.78, 5) is 36.0. The van der Waals surface area contributed by atoms with Crippen LogP contribution in [0.15, 0.2) is 42.5 Å². The number of carbonyl (C=O) groups is 3. The average molecular weight is 448 g/mol. The molecule has 2 aromatic carbocycles. The average Bonchev–Trinajstić information content (AvgIpc) is 2.75. The quantitative estimate of drug-likeness (QED) is 0.466. The molecule has 0 aliphatic carbocycles. The summed E-state index contributed by atoms with van der Waals surface area (Å²) in [5.74, 6) is -0.678. The van der Waals surface area contributed by atoms with E-state index in [4.69, 9.17) is 21.1 Å². The summed E-state index contributed by atoms with van der Waals surface area (Å²) in [5, 5.41) is 12.5. The highest BCUT2D eigenvalue weighted by atomic mass is 35.5. The molecule has 7 nitrogen and oxygen atoms in total. The fraction of sp³-hybridized carbons (Fsp3) is 0.348. The Balaban J connectivity index is 2.06. The van der Waals surface area contributed by atoms with Crippen LogP contribution in [0.5, 0.6) is 11.5 Å². The Morgan fingerprint density at radius 3 is 2.39 bits per heavy atom. The Labute approximate surface area is 186 Å². The topological polar surface area (TPSA) is 102 Å². The van der Waals surface area contributed by atoms with Gasteiger partial charge in [0.1, 0.15) is 0 Å². The molecule has 1 atom stereocenters. The van der Waals surface area contributed by atoms with Crippen LogP contribution in [0.4, 0.5) is 0 Å². The molecule has 0 heterocycles. The van der Waals surface area contributed by atoms with E-state index < -0.39 is 17.9 Å². The number of ketones is 1. The monoisotopic (exact) mass is 447 g/mol. The van der Waals surface area contributed by atoms with Crippen LogP contribution in [0.3, 0.4) is 0 Å². The maximum absolute atomic E-state index is 12.4. The van der Waals surface area contributed by atoms with Crippen molar-refractivity contribution in [3.05, 3.63) is 58.6 Å². The van der Waals surface area contributed by atoms with Crippen molar-refractivity contribution in [1.29, 1.82) is 0 Å². The van der Waals surface area contributed by atoms with Gasteiger partial charge in [-0.1, -0.05) is 24.6 Å². The molecule has 2 rings (SSSR count). The van der Waals surface area contributed by atoms with Crippen LogP contribution in [0.25, 0.3) is 0 Å². The number of ether oxygens (including phenoxy) is 2. The predicted molar refractivity (Wildman–Crippen MR) is 117 cm³/mol. The molecule has 0 spiro atoms. The third kappa shape index (κ3) is 7.61. The molecule has 31 heavy (non-hydrogen) atoms. The van der Waals surface area contributed by atoms with Crippen molar-refractivity contribution in [3.8, 4) is 11.5 Å². The molecule has 1 unspecified atom stereocenters. The number of rotatable bonds is 12. The van der Waals surface area contributed by atoms with Crippen LogP contribution in [0, 0.1) is 0 Å².